The summed E-state index contributed by atoms with van der Waals surface area (Å²) in [5.74, 6) is 0.406. The van der Waals surface area contributed by atoms with E-state index in [0.717, 1.165) is 11.8 Å². The molecule has 76 valence electrons. The molecule has 6 heteroatoms. The zero-order valence-corrected chi connectivity index (χ0v) is 8.28. The monoisotopic (exact) mass is 215 g/mol. The summed E-state index contributed by atoms with van der Waals surface area (Å²) in [6, 6.07) is 3.70. The minimum atomic E-state index is 0. The van der Waals surface area contributed by atoms with Crippen molar-refractivity contribution in [2.45, 2.75) is 0 Å². The Morgan fingerprint density at radius 3 is 2.79 bits per heavy atom. The predicted octanol–water partition coefficient (Wildman–Crippen LogP) is 0.378. The highest BCUT2D eigenvalue weighted by molar-refractivity contribution is 5.85. The summed E-state index contributed by atoms with van der Waals surface area (Å²) < 4.78 is 1.72. The van der Waals surface area contributed by atoms with E-state index in [-0.39, 0.29) is 17.9 Å². The van der Waals surface area contributed by atoms with Crippen molar-refractivity contribution in [2.75, 3.05) is 0 Å². The van der Waals surface area contributed by atoms with Crippen LogP contribution in [0, 0.1) is 0 Å². The minimum absolute atomic E-state index is 0. The van der Waals surface area contributed by atoms with E-state index in [2.05, 4.69) is 9.97 Å². The molecule has 0 fully saturated rings. The van der Waals surface area contributed by atoms with E-state index >= 15 is 0 Å². The molecule has 5 nitrogen and oxygen atoms in total. The molecule has 0 radical (unpaired) electrons. The number of carbonyl (C=O) groups is 1. The molecule has 0 saturated heterocycles. The molecular weight excluding hydrogens is 206 g/mol. The summed E-state index contributed by atoms with van der Waals surface area (Å²) in [7, 11) is 1.79. The lowest BCUT2D eigenvalue weighted by molar-refractivity contribution is 0.111. The van der Waals surface area contributed by atoms with Gasteiger partial charge in [0.05, 0.1) is 5.52 Å². The molecule has 2 rings (SSSR count). The van der Waals surface area contributed by atoms with Crippen molar-refractivity contribution in [2.24, 2.45) is 7.05 Å². The highest BCUT2D eigenvalue weighted by Gasteiger charge is 2.05. The normalized spacial score (nSPS) is 8.93. The first-order valence-electron chi connectivity index (χ1n) is 3.55. The van der Waals surface area contributed by atoms with Crippen LogP contribution >= 0.6 is 12.4 Å². The summed E-state index contributed by atoms with van der Waals surface area (Å²) in [5, 5.41) is 0. The fourth-order valence-corrected chi connectivity index (χ4v) is 1.15. The van der Waals surface area contributed by atoms with E-state index in [1.807, 2.05) is 12.1 Å². The van der Waals surface area contributed by atoms with Gasteiger partial charge in [-0.25, -0.2) is 9.97 Å². The maximum atomic E-state index is 10.5. The van der Waals surface area contributed by atoms with Crippen molar-refractivity contribution in [3.8, 4) is 0 Å². The van der Waals surface area contributed by atoms with Crippen LogP contribution in [-0.2, 0) is 7.05 Å². The number of hydrogen-bond donors (Lipinski definition) is 0. The fraction of sp³-hybridized carbons (Fsp3) is 0.125. The molecule has 2 heterocycles. The number of carbonyl (C=O) groups excluding carboxylic acids is 1. The third kappa shape index (κ3) is 1.73. The van der Waals surface area contributed by atoms with Crippen LogP contribution in [0.5, 0.6) is 0 Å². The van der Waals surface area contributed by atoms with E-state index in [1.54, 1.807) is 17.8 Å². The first kappa shape index (κ1) is 12.5. The van der Waals surface area contributed by atoms with E-state index in [4.69, 9.17) is 0 Å². The summed E-state index contributed by atoms with van der Waals surface area (Å²) in [6.45, 7) is 0. The van der Waals surface area contributed by atoms with Crippen LogP contribution in [-0.4, -0.2) is 26.3 Å². The molecule has 2 aromatic heterocycles. The quantitative estimate of drug-likeness (QED) is 0.645. The van der Waals surface area contributed by atoms with Crippen molar-refractivity contribution in [3.05, 3.63) is 24.2 Å². The van der Waals surface area contributed by atoms with Gasteiger partial charge >= 0.3 is 0 Å². The number of imidazole rings is 1. The Balaban J connectivity index is 0.000000845. The van der Waals surface area contributed by atoms with Crippen molar-refractivity contribution in [1.82, 2.24) is 14.5 Å². The van der Waals surface area contributed by atoms with Gasteiger partial charge in [-0.1, -0.05) is 0 Å². The van der Waals surface area contributed by atoms with Gasteiger partial charge in [0.2, 0.25) is 0 Å². The number of aldehydes is 1. The first-order valence-corrected chi connectivity index (χ1v) is 3.55. The molecule has 2 aromatic rings. The zero-order valence-electron chi connectivity index (χ0n) is 7.47. The first-order chi connectivity index (χ1) is 5.83. The second kappa shape index (κ2) is 4.69. The Morgan fingerprint density at radius 1 is 1.50 bits per heavy atom. The Labute approximate surface area is 86.5 Å². The Bertz CT molecular complexity index is 441. The second-order valence-corrected chi connectivity index (χ2v) is 2.49. The minimum Gasteiger partial charge on any atom is -0.412 e. The summed E-state index contributed by atoms with van der Waals surface area (Å²) in [6.07, 6.45) is 2.38. The fourth-order valence-electron chi connectivity index (χ4n) is 1.15. The Morgan fingerprint density at radius 2 is 2.21 bits per heavy atom. The van der Waals surface area contributed by atoms with Crippen molar-refractivity contribution >= 4 is 29.9 Å². The lowest BCUT2D eigenvalue weighted by Gasteiger charge is -1.92. The van der Waals surface area contributed by atoms with E-state index in [0.29, 0.717) is 11.5 Å². The SMILES string of the molecule is Cl.Cn1c(C=O)nc2ncccc21.O. The van der Waals surface area contributed by atoms with Gasteiger partial charge in [-0.3, -0.25) is 4.79 Å². The molecule has 0 saturated carbocycles. The van der Waals surface area contributed by atoms with Crippen LogP contribution in [0.3, 0.4) is 0 Å². The van der Waals surface area contributed by atoms with Gasteiger partial charge in [0.25, 0.3) is 0 Å². The van der Waals surface area contributed by atoms with Crippen LogP contribution in [0.15, 0.2) is 18.3 Å². The van der Waals surface area contributed by atoms with Gasteiger partial charge in [0.1, 0.15) is 0 Å². The van der Waals surface area contributed by atoms with Gasteiger partial charge in [-0.2, -0.15) is 0 Å². The topological polar surface area (TPSA) is 79.3 Å². The number of aromatic nitrogens is 3. The van der Waals surface area contributed by atoms with Crippen molar-refractivity contribution < 1.29 is 10.3 Å². The molecule has 0 amide bonds. The van der Waals surface area contributed by atoms with E-state index in [9.17, 15) is 4.79 Å². The Kier molecular flexibility index (Phi) is 4.20. The standard InChI is InChI=1S/C8H7N3O.ClH.H2O/c1-11-6-3-2-4-9-8(6)10-7(11)5-12;;/h2-5H,1H3;1H;1H2. The summed E-state index contributed by atoms with van der Waals surface area (Å²) in [5.41, 5.74) is 1.49. The van der Waals surface area contributed by atoms with Crippen LogP contribution in [0.4, 0.5) is 0 Å². The van der Waals surface area contributed by atoms with Gasteiger partial charge in [-0.05, 0) is 12.1 Å². The van der Waals surface area contributed by atoms with Gasteiger partial charge in [0.15, 0.2) is 17.8 Å². The average Bonchev–Trinajstić information content (AvgIpc) is 2.44. The number of rotatable bonds is 1. The molecule has 0 atom stereocenters. The average molecular weight is 216 g/mol. The van der Waals surface area contributed by atoms with Gasteiger partial charge in [-0.15, -0.1) is 12.4 Å². The van der Waals surface area contributed by atoms with Crippen LogP contribution < -0.4 is 0 Å². The third-order valence-corrected chi connectivity index (χ3v) is 1.80. The van der Waals surface area contributed by atoms with Crippen LogP contribution in [0.25, 0.3) is 11.2 Å². The largest absolute Gasteiger partial charge is 0.412 e. The second-order valence-electron chi connectivity index (χ2n) is 2.49. The number of pyridine rings is 1. The number of fused-ring (bicyclic) bond motifs is 1. The lowest BCUT2D eigenvalue weighted by atomic mass is 10.4. The predicted molar refractivity (Wildman–Crippen MR) is 54.8 cm³/mol. The number of aryl methyl sites for hydroxylation is 1. The van der Waals surface area contributed by atoms with E-state index < -0.39 is 0 Å². The van der Waals surface area contributed by atoms with Gasteiger partial charge < -0.3 is 10.0 Å². The molecule has 0 spiro atoms. The smallest absolute Gasteiger partial charge is 0.185 e. The maximum Gasteiger partial charge on any atom is 0.185 e. The number of nitrogens with zero attached hydrogens (tertiary/aromatic N) is 3. The van der Waals surface area contributed by atoms with Crippen molar-refractivity contribution in [3.63, 3.8) is 0 Å². The molecule has 2 N–H and O–H groups in total. The zero-order chi connectivity index (χ0) is 8.55. The number of halogens is 1. The summed E-state index contributed by atoms with van der Waals surface area (Å²) in [4.78, 5) is 18.5. The third-order valence-electron chi connectivity index (χ3n) is 1.80. The molecule has 0 aliphatic rings. The van der Waals surface area contributed by atoms with Gasteiger partial charge in [0, 0.05) is 13.2 Å². The highest BCUT2D eigenvalue weighted by Crippen LogP contribution is 2.09. The van der Waals surface area contributed by atoms with Crippen LogP contribution in [0.1, 0.15) is 10.6 Å². The molecule has 0 aliphatic carbocycles. The molecule has 0 bridgehead atoms. The number of hydrogen-bond acceptors (Lipinski definition) is 3. The summed E-state index contributed by atoms with van der Waals surface area (Å²) >= 11 is 0. The highest BCUT2D eigenvalue weighted by atomic mass is 35.5. The maximum absolute atomic E-state index is 10.5. The lowest BCUT2D eigenvalue weighted by Crippen LogP contribution is -1.94. The van der Waals surface area contributed by atoms with E-state index in [1.165, 1.54) is 0 Å². The molecule has 14 heavy (non-hydrogen) atoms. The molecule has 0 aliphatic heterocycles. The molecule has 0 unspecified atom stereocenters. The molecular formula is C8H10ClN3O2. The molecule has 0 aromatic carbocycles. The Hall–Kier alpha value is -1.46. The van der Waals surface area contributed by atoms with Crippen molar-refractivity contribution in [1.29, 1.82) is 0 Å². The van der Waals surface area contributed by atoms with Crippen LogP contribution in [0.2, 0.25) is 0 Å².